The molecule has 0 saturated heterocycles. The van der Waals surface area contributed by atoms with Crippen LogP contribution in [0.15, 0.2) is 0 Å². The lowest BCUT2D eigenvalue weighted by Crippen LogP contribution is -2.49. The maximum absolute atomic E-state index is 2.57. The van der Waals surface area contributed by atoms with Gasteiger partial charge in [-0.2, -0.15) is 0 Å². The highest BCUT2D eigenvalue weighted by atomic mass is 14.7. The van der Waals surface area contributed by atoms with Crippen molar-refractivity contribution in [3.8, 4) is 0 Å². The van der Waals surface area contributed by atoms with Crippen LogP contribution in [0.2, 0.25) is 0 Å². The predicted molar refractivity (Wildman–Crippen MR) is 46.3 cm³/mol. The second kappa shape index (κ2) is 1.84. The molecule has 0 aromatic carbocycles. The number of hydrogen-bond acceptors (Lipinski definition) is 0. The summed E-state index contributed by atoms with van der Waals surface area (Å²) >= 11 is 0. The average Bonchev–Trinajstić information content (AvgIpc) is 2.51. The van der Waals surface area contributed by atoms with Gasteiger partial charge in [0.2, 0.25) is 0 Å². The van der Waals surface area contributed by atoms with Crippen molar-refractivity contribution in [3.05, 3.63) is 0 Å². The van der Waals surface area contributed by atoms with Gasteiger partial charge in [0.25, 0.3) is 0 Å². The minimum atomic E-state index is 0.834. The van der Waals surface area contributed by atoms with Crippen molar-refractivity contribution in [2.24, 2.45) is 23.2 Å². The Bertz CT molecular complexity index is 172. The molecular formula is C11H18. The van der Waals surface area contributed by atoms with Crippen molar-refractivity contribution in [1.82, 2.24) is 0 Å². The molecule has 0 aliphatic heterocycles. The van der Waals surface area contributed by atoms with Crippen LogP contribution < -0.4 is 0 Å². The van der Waals surface area contributed by atoms with E-state index in [-0.39, 0.29) is 0 Å². The van der Waals surface area contributed by atoms with Gasteiger partial charge in [0.1, 0.15) is 0 Å². The van der Waals surface area contributed by atoms with Crippen molar-refractivity contribution in [3.63, 3.8) is 0 Å². The molecule has 3 aliphatic carbocycles. The summed E-state index contributed by atoms with van der Waals surface area (Å²) in [5.74, 6) is 3.51. The Morgan fingerprint density at radius 2 is 1.73 bits per heavy atom. The van der Waals surface area contributed by atoms with E-state index in [9.17, 15) is 0 Å². The van der Waals surface area contributed by atoms with Gasteiger partial charge in [0, 0.05) is 0 Å². The molecule has 0 heterocycles. The zero-order valence-electron chi connectivity index (χ0n) is 7.47. The van der Waals surface area contributed by atoms with Crippen LogP contribution >= 0.6 is 0 Å². The third-order valence-corrected chi connectivity index (χ3v) is 5.01. The quantitative estimate of drug-likeness (QED) is 0.497. The van der Waals surface area contributed by atoms with Crippen molar-refractivity contribution >= 4 is 0 Å². The summed E-state index contributed by atoms with van der Waals surface area (Å²) in [4.78, 5) is 0. The van der Waals surface area contributed by atoms with Gasteiger partial charge in [0.05, 0.1) is 0 Å². The van der Waals surface area contributed by atoms with Gasteiger partial charge in [-0.3, -0.25) is 0 Å². The summed E-state index contributed by atoms with van der Waals surface area (Å²) < 4.78 is 0. The summed E-state index contributed by atoms with van der Waals surface area (Å²) in [6.07, 6.45) is 9.34. The standard InChI is InChI=1S/C11H18/c1-11-7-3-6-10(11)8-4-2-5-9(8)11/h8-10H,2-7H2,1H3/t8-,9+,10+,11-/m0/s1. The van der Waals surface area contributed by atoms with Gasteiger partial charge in [0.15, 0.2) is 0 Å². The molecule has 3 fully saturated rings. The maximum atomic E-state index is 2.57. The van der Waals surface area contributed by atoms with E-state index >= 15 is 0 Å². The Morgan fingerprint density at radius 1 is 1.00 bits per heavy atom. The molecule has 11 heavy (non-hydrogen) atoms. The smallest absolute Gasteiger partial charge is 0.0264 e. The van der Waals surface area contributed by atoms with E-state index in [0.29, 0.717) is 0 Å². The average molecular weight is 150 g/mol. The molecule has 0 heteroatoms. The molecule has 0 spiro atoms. The van der Waals surface area contributed by atoms with Crippen LogP contribution in [0.3, 0.4) is 0 Å². The third kappa shape index (κ3) is 0.588. The molecule has 3 rings (SSSR count). The van der Waals surface area contributed by atoms with Crippen molar-refractivity contribution < 1.29 is 0 Å². The fraction of sp³-hybridized carbons (Fsp3) is 1.00. The molecule has 4 atom stereocenters. The fourth-order valence-electron chi connectivity index (χ4n) is 4.55. The van der Waals surface area contributed by atoms with Gasteiger partial charge in [-0.15, -0.1) is 0 Å². The first-order valence-electron chi connectivity index (χ1n) is 5.32. The lowest BCUT2D eigenvalue weighted by atomic mass is 9.50. The summed E-state index contributed by atoms with van der Waals surface area (Å²) in [7, 11) is 0. The molecule has 0 N–H and O–H groups in total. The van der Waals surface area contributed by atoms with Crippen LogP contribution in [0, 0.1) is 23.2 Å². The lowest BCUT2D eigenvalue weighted by molar-refractivity contribution is -0.0653. The van der Waals surface area contributed by atoms with Gasteiger partial charge in [-0.05, 0) is 48.9 Å². The molecule has 0 aromatic rings. The molecule has 3 saturated carbocycles. The van der Waals surface area contributed by atoms with Gasteiger partial charge in [-0.25, -0.2) is 0 Å². The summed E-state index contributed by atoms with van der Waals surface area (Å²) in [6.45, 7) is 2.57. The van der Waals surface area contributed by atoms with E-state index in [1.165, 1.54) is 12.3 Å². The van der Waals surface area contributed by atoms with Crippen molar-refractivity contribution in [2.75, 3.05) is 0 Å². The minimum Gasteiger partial charge on any atom is -0.0591 e. The predicted octanol–water partition coefficient (Wildman–Crippen LogP) is 3.22. The Balaban J connectivity index is 1.92. The Hall–Kier alpha value is 0. The van der Waals surface area contributed by atoms with Crippen LogP contribution in [0.25, 0.3) is 0 Å². The molecule has 0 amide bonds. The summed E-state index contributed by atoms with van der Waals surface area (Å²) in [5, 5.41) is 0. The van der Waals surface area contributed by atoms with Crippen LogP contribution in [0.1, 0.15) is 45.4 Å². The van der Waals surface area contributed by atoms with Crippen molar-refractivity contribution in [1.29, 1.82) is 0 Å². The first kappa shape index (κ1) is 6.51. The molecule has 0 unspecified atom stereocenters. The normalized spacial score (nSPS) is 60.3. The topological polar surface area (TPSA) is 0 Å². The molecular weight excluding hydrogens is 132 g/mol. The zero-order valence-corrected chi connectivity index (χ0v) is 7.47. The third-order valence-electron chi connectivity index (χ3n) is 5.01. The number of hydrogen-bond donors (Lipinski definition) is 0. The van der Waals surface area contributed by atoms with Crippen LogP contribution in [-0.2, 0) is 0 Å². The van der Waals surface area contributed by atoms with Gasteiger partial charge < -0.3 is 0 Å². The van der Waals surface area contributed by atoms with Gasteiger partial charge >= 0.3 is 0 Å². The molecule has 0 radical (unpaired) electrons. The number of fused-ring (bicyclic) bond motifs is 4. The maximum Gasteiger partial charge on any atom is -0.0264 e. The highest BCUT2D eigenvalue weighted by Crippen LogP contribution is 2.69. The van der Waals surface area contributed by atoms with E-state index in [4.69, 9.17) is 0 Å². The van der Waals surface area contributed by atoms with Crippen LogP contribution in [0.5, 0.6) is 0 Å². The summed E-state index contributed by atoms with van der Waals surface area (Å²) in [5.41, 5.74) is 0.834. The van der Waals surface area contributed by atoms with E-state index in [2.05, 4.69) is 6.92 Å². The molecule has 62 valence electrons. The minimum absolute atomic E-state index is 0.834. The zero-order chi connectivity index (χ0) is 7.47. The number of rotatable bonds is 0. The Labute approximate surface area is 69.4 Å². The second-order valence-corrected chi connectivity index (χ2v) is 5.21. The first-order valence-corrected chi connectivity index (χ1v) is 5.32. The SMILES string of the molecule is C[C@@]12CCC[C@@H]1[C@H]1CCC[C@H]12. The molecule has 3 aliphatic rings. The Morgan fingerprint density at radius 3 is 2.55 bits per heavy atom. The Kier molecular flexibility index (Phi) is 1.09. The van der Waals surface area contributed by atoms with Crippen LogP contribution in [0.4, 0.5) is 0 Å². The summed E-state index contributed by atoms with van der Waals surface area (Å²) in [6, 6.07) is 0. The highest BCUT2D eigenvalue weighted by Gasteiger charge is 2.61. The van der Waals surface area contributed by atoms with Crippen molar-refractivity contribution in [2.45, 2.75) is 45.4 Å². The molecule has 0 aromatic heterocycles. The molecule has 0 bridgehead atoms. The monoisotopic (exact) mass is 150 g/mol. The largest absolute Gasteiger partial charge is 0.0591 e. The second-order valence-electron chi connectivity index (χ2n) is 5.21. The highest BCUT2D eigenvalue weighted by molar-refractivity contribution is 5.10. The lowest BCUT2D eigenvalue weighted by Gasteiger charge is -2.54. The van der Waals surface area contributed by atoms with E-state index in [0.717, 1.165) is 17.3 Å². The van der Waals surface area contributed by atoms with E-state index in [1.54, 1.807) is 32.1 Å². The van der Waals surface area contributed by atoms with E-state index < -0.39 is 0 Å². The molecule has 0 nitrogen and oxygen atoms in total. The van der Waals surface area contributed by atoms with Gasteiger partial charge in [-0.1, -0.05) is 19.8 Å². The van der Waals surface area contributed by atoms with E-state index in [1.807, 2.05) is 0 Å². The first-order chi connectivity index (χ1) is 5.32. The fourth-order valence-corrected chi connectivity index (χ4v) is 4.55. The van der Waals surface area contributed by atoms with Crippen LogP contribution in [-0.4, -0.2) is 0 Å².